The third-order valence-corrected chi connectivity index (χ3v) is 3.08. The average Bonchev–Trinajstić information content (AvgIpc) is 2.63. The molecule has 3 nitrogen and oxygen atoms in total. The van der Waals surface area contributed by atoms with E-state index in [0.717, 1.165) is 22.2 Å². The van der Waals surface area contributed by atoms with Crippen molar-refractivity contribution in [1.29, 1.82) is 0 Å². The lowest BCUT2D eigenvalue weighted by atomic mass is 10.1. The van der Waals surface area contributed by atoms with Crippen LogP contribution in [0.1, 0.15) is 5.56 Å². The summed E-state index contributed by atoms with van der Waals surface area (Å²) in [5.74, 6) is 0.854. The predicted octanol–water partition coefficient (Wildman–Crippen LogP) is 2.44. The second-order valence-electron chi connectivity index (χ2n) is 3.38. The van der Waals surface area contributed by atoms with Crippen LogP contribution in [0.4, 0.5) is 0 Å². The van der Waals surface area contributed by atoms with Crippen molar-refractivity contribution in [2.24, 2.45) is 5.73 Å². The van der Waals surface area contributed by atoms with E-state index in [2.05, 4.69) is 20.9 Å². The van der Waals surface area contributed by atoms with Gasteiger partial charge in [0.25, 0.3) is 0 Å². The first-order valence-electron chi connectivity index (χ1n) is 4.80. The molecule has 2 aromatic rings. The van der Waals surface area contributed by atoms with Gasteiger partial charge in [-0.25, -0.2) is 0 Å². The van der Waals surface area contributed by atoms with Crippen molar-refractivity contribution in [3.63, 3.8) is 0 Å². The topological polar surface area (TPSA) is 51.0 Å². The van der Waals surface area contributed by atoms with E-state index < -0.39 is 0 Å². The van der Waals surface area contributed by atoms with E-state index in [1.165, 1.54) is 10.9 Å². The monoisotopic (exact) mass is 268 g/mol. The Morgan fingerprint density at radius 3 is 2.93 bits per heavy atom. The molecule has 4 heteroatoms. The van der Waals surface area contributed by atoms with Gasteiger partial charge in [-0.3, -0.25) is 0 Å². The van der Waals surface area contributed by atoms with Crippen LogP contribution in [0, 0.1) is 0 Å². The Labute approximate surface area is 96.7 Å². The minimum absolute atomic E-state index is 0.655. The first-order valence-corrected chi connectivity index (χ1v) is 5.59. The lowest BCUT2D eigenvalue weighted by Crippen LogP contribution is -2.01. The maximum atomic E-state index is 5.56. The van der Waals surface area contributed by atoms with Crippen molar-refractivity contribution >= 4 is 26.8 Å². The van der Waals surface area contributed by atoms with Gasteiger partial charge in [-0.2, -0.15) is 0 Å². The van der Waals surface area contributed by atoms with Crippen LogP contribution in [-0.2, 0) is 6.42 Å². The van der Waals surface area contributed by atoms with E-state index >= 15 is 0 Å². The van der Waals surface area contributed by atoms with Crippen LogP contribution in [-0.4, -0.2) is 18.6 Å². The van der Waals surface area contributed by atoms with Crippen molar-refractivity contribution in [3.05, 3.63) is 28.4 Å². The Morgan fingerprint density at radius 1 is 1.47 bits per heavy atom. The van der Waals surface area contributed by atoms with Crippen LogP contribution in [0.25, 0.3) is 10.9 Å². The summed E-state index contributed by atoms with van der Waals surface area (Å²) < 4.78 is 6.24. The minimum Gasteiger partial charge on any atom is -0.497 e. The smallest absolute Gasteiger partial charge is 0.120 e. The highest BCUT2D eigenvalue weighted by Gasteiger charge is 2.08. The van der Waals surface area contributed by atoms with Gasteiger partial charge in [-0.05, 0) is 46.6 Å². The number of aromatic nitrogens is 1. The summed E-state index contributed by atoms with van der Waals surface area (Å²) in [6.45, 7) is 0.655. The molecule has 1 aromatic carbocycles. The standard InChI is InChI=1S/C11H13BrN2O/c1-15-8-4-9-7(2-3-13)6-14-11(9)10(12)5-8/h4-6,14H,2-3,13H2,1H3. The maximum Gasteiger partial charge on any atom is 0.120 e. The largest absolute Gasteiger partial charge is 0.497 e. The van der Waals surface area contributed by atoms with Crippen molar-refractivity contribution < 1.29 is 4.74 Å². The molecule has 3 N–H and O–H groups in total. The molecule has 1 heterocycles. The highest BCUT2D eigenvalue weighted by molar-refractivity contribution is 9.10. The maximum absolute atomic E-state index is 5.56. The predicted molar refractivity (Wildman–Crippen MR) is 65.3 cm³/mol. The van der Waals surface area contributed by atoms with Gasteiger partial charge < -0.3 is 15.5 Å². The van der Waals surface area contributed by atoms with E-state index in [0.29, 0.717) is 6.54 Å². The number of benzene rings is 1. The summed E-state index contributed by atoms with van der Waals surface area (Å²) in [7, 11) is 1.67. The fourth-order valence-corrected chi connectivity index (χ4v) is 2.25. The van der Waals surface area contributed by atoms with Crippen molar-refractivity contribution in [2.75, 3.05) is 13.7 Å². The second-order valence-corrected chi connectivity index (χ2v) is 4.24. The number of nitrogens with one attached hydrogen (secondary N) is 1. The first-order chi connectivity index (χ1) is 7.26. The SMILES string of the molecule is COc1cc(Br)c2[nH]cc(CCN)c2c1. The quantitative estimate of drug-likeness (QED) is 0.899. The van der Waals surface area contributed by atoms with Crippen molar-refractivity contribution in [1.82, 2.24) is 4.98 Å². The van der Waals surface area contributed by atoms with E-state index in [1.807, 2.05) is 18.3 Å². The summed E-state index contributed by atoms with van der Waals surface area (Å²) >= 11 is 3.51. The fraction of sp³-hybridized carbons (Fsp3) is 0.273. The molecule has 0 saturated heterocycles. The molecule has 0 spiro atoms. The number of ether oxygens (including phenoxy) is 1. The van der Waals surface area contributed by atoms with Gasteiger partial charge in [0.1, 0.15) is 5.75 Å². The van der Waals surface area contributed by atoms with Gasteiger partial charge >= 0.3 is 0 Å². The summed E-state index contributed by atoms with van der Waals surface area (Å²) in [6, 6.07) is 3.98. The number of halogens is 1. The Balaban J connectivity index is 2.61. The summed E-state index contributed by atoms with van der Waals surface area (Å²) in [5.41, 5.74) is 7.89. The number of aromatic amines is 1. The molecule has 15 heavy (non-hydrogen) atoms. The Bertz CT molecular complexity index is 479. The van der Waals surface area contributed by atoms with Crippen LogP contribution in [0.15, 0.2) is 22.8 Å². The molecule has 0 saturated carbocycles. The van der Waals surface area contributed by atoms with Crippen LogP contribution in [0.2, 0.25) is 0 Å². The average molecular weight is 269 g/mol. The number of hydrogen-bond donors (Lipinski definition) is 2. The zero-order chi connectivity index (χ0) is 10.8. The number of fused-ring (bicyclic) bond motifs is 1. The number of hydrogen-bond acceptors (Lipinski definition) is 2. The Hall–Kier alpha value is -1.00. The van der Waals surface area contributed by atoms with Gasteiger partial charge in [0.15, 0.2) is 0 Å². The van der Waals surface area contributed by atoms with Crippen molar-refractivity contribution in [3.8, 4) is 5.75 Å². The number of rotatable bonds is 3. The van der Waals surface area contributed by atoms with Crippen LogP contribution in [0.3, 0.4) is 0 Å². The highest BCUT2D eigenvalue weighted by atomic mass is 79.9. The number of nitrogens with two attached hydrogens (primary N) is 1. The van der Waals surface area contributed by atoms with E-state index in [4.69, 9.17) is 10.5 Å². The molecule has 0 unspecified atom stereocenters. The van der Waals surface area contributed by atoms with Crippen LogP contribution in [0.5, 0.6) is 5.75 Å². The van der Waals surface area contributed by atoms with E-state index in [9.17, 15) is 0 Å². The molecule has 0 bridgehead atoms. The van der Waals surface area contributed by atoms with E-state index in [-0.39, 0.29) is 0 Å². The molecule has 80 valence electrons. The second kappa shape index (κ2) is 4.24. The molecule has 0 aliphatic heterocycles. The lowest BCUT2D eigenvalue weighted by molar-refractivity contribution is 0.415. The summed E-state index contributed by atoms with van der Waals surface area (Å²) in [6.07, 6.45) is 2.88. The number of H-pyrrole nitrogens is 1. The Morgan fingerprint density at radius 2 is 2.27 bits per heavy atom. The number of methoxy groups -OCH3 is 1. The third kappa shape index (κ3) is 1.87. The van der Waals surface area contributed by atoms with Gasteiger partial charge in [0.05, 0.1) is 12.6 Å². The Kier molecular flexibility index (Phi) is 2.98. The van der Waals surface area contributed by atoms with Crippen LogP contribution < -0.4 is 10.5 Å². The molecule has 0 amide bonds. The minimum atomic E-state index is 0.655. The van der Waals surface area contributed by atoms with Gasteiger partial charge in [-0.1, -0.05) is 0 Å². The molecule has 0 aliphatic carbocycles. The third-order valence-electron chi connectivity index (χ3n) is 2.45. The van der Waals surface area contributed by atoms with Gasteiger partial charge in [-0.15, -0.1) is 0 Å². The molecule has 1 aromatic heterocycles. The van der Waals surface area contributed by atoms with E-state index in [1.54, 1.807) is 7.11 Å². The molecule has 0 atom stereocenters. The lowest BCUT2D eigenvalue weighted by Gasteiger charge is -2.03. The molecule has 0 fully saturated rings. The van der Waals surface area contributed by atoms with Crippen molar-refractivity contribution in [2.45, 2.75) is 6.42 Å². The molecule has 0 radical (unpaired) electrons. The molecule has 2 rings (SSSR count). The molecular weight excluding hydrogens is 256 g/mol. The summed E-state index contributed by atoms with van der Waals surface area (Å²) in [4.78, 5) is 3.23. The summed E-state index contributed by atoms with van der Waals surface area (Å²) in [5, 5.41) is 1.17. The first kappa shape index (κ1) is 10.5. The molecule has 0 aliphatic rings. The van der Waals surface area contributed by atoms with Crippen LogP contribution >= 0.6 is 15.9 Å². The zero-order valence-electron chi connectivity index (χ0n) is 8.51. The fourth-order valence-electron chi connectivity index (χ4n) is 1.70. The highest BCUT2D eigenvalue weighted by Crippen LogP contribution is 2.30. The van der Waals surface area contributed by atoms with Gasteiger partial charge in [0, 0.05) is 16.1 Å². The normalized spacial score (nSPS) is 10.9. The molecular formula is C11H13BrN2O. The zero-order valence-corrected chi connectivity index (χ0v) is 10.1. The van der Waals surface area contributed by atoms with Gasteiger partial charge in [0.2, 0.25) is 0 Å².